The molecule has 0 aliphatic carbocycles. The Morgan fingerprint density at radius 1 is 1.59 bits per heavy atom. The van der Waals surface area contributed by atoms with Crippen LogP contribution in [0.2, 0.25) is 0 Å². The summed E-state index contributed by atoms with van der Waals surface area (Å²) in [5.41, 5.74) is 7.01. The van der Waals surface area contributed by atoms with Gasteiger partial charge >= 0.3 is 0 Å². The van der Waals surface area contributed by atoms with Crippen molar-refractivity contribution in [2.24, 2.45) is 5.73 Å². The van der Waals surface area contributed by atoms with Gasteiger partial charge in [0.25, 0.3) is 0 Å². The molecule has 0 amide bonds. The third-order valence-electron chi connectivity index (χ3n) is 3.49. The topological polar surface area (TPSA) is 51.4 Å². The summed E-state index contributed by atoms with van der Waals surface area (Å²) in [6.07, 6.45) is 3.15. The number of nitrogens with zero attached hydrogens (tertiary/aromatic N) is 2. The molecule has 4 nitrogen and oxygen atoms in total. The van der Waals surface area contributed by atoms with Gasteiger partial charge in [0.2, 0.25) is 0 Å². The average Bonchev–Trinajstić information content (AvgIpc) is 2.74. The van der Waals surface area contributed by atoms with Crippen molar-refractivity contribution < 1.29 is 4.74 Å². The van der Waals surface area contributed by atoms with Crippen molar-refractivity contribution in [3.05, 3.63) is 23.9 Å². The highest BCUT2D eigenvalue weighted by Gasteiger charge is 2.28. The minimum atomic E-state index is 0.0439. The van der Waals surface area contributed by atoms with Gasteiger partial charge in [-0.15, -0.1) is 0 Å². The van der Waals surface area contributed by atoms with Gasteiger partial charge in [0.15, 0.2) is 0 Å². The van der Waals surface area contributed by atoms with Crippen LogP contribution in [0.5, 0.6) is 0 Å². The zero-order valence-electron chi connectivity index (χ0n) is 10.8. The first-order valence-corrected chi connectivity index (χ1v) is 6.15. The molecular formula is C13H21N3O. The fourth-order valence-corrected chi connectivity index (χ4v) is 2.31. The predicted octanol–water partition coefficient (Wildman–Crippen LogP) is 1.71. The molecule has 2 N–H and O–H groups in total. The third kappa shape index (κ3) is 2.58. The van der Waals surface area contributed by atoms with E-state index in [-0.39, 0.29) is 12.1 Å². The molecule has 4 heteroatoms. The maximum atomic E-state index is 5.89. The van der Waals surface area contributed by atoms with Crippen LogP contribution >= 0.6 is 0 Å². The van der Waals surface area contributed by atoms with Gasteiger partial charge < -0.3 is 15.4 Å². The Balaban J connectivity index is 2.18. The molecule has 0 radical (unpaired) electrons. The summed E-state index contributed by atoms with van der Waals surface area (Å²) in [5.74, 6) is 0.974. The lowest BCUT2D eigenvalue weighted by Crippen LogP contribution is -2.37. The second-order valence-electron chi connectivity index (χ2n) is 4.78. The number of hydrogen-bond acceptors (Lipinski definition) is 4. The fraction of sp³-hybridized carbons (Fsp3) is 0.615. The van der Waals surface area contributed by atoms with Crippen LogP contribution in [0.4, 0.5) is 5.82 Å². The number of pyridine rings is 1. The molecule has 1 aliphatic heterocycles. The SMILES string of the molecule is CC1OCCC1N(C)c1cc([C@@H](C)N)ccn1. The van der Waals surface area contributed by atoms with Crippen LogP contribution in [0.25, 0.3) is 0 Å². The minimum absolute atomic E-state index is 0.0439. The first kappa shape index (κ1) is 12.3. The highest BCUT2D eigenvalue weighted by atomic mass is 16.5. The van der Waals surface area contributed by atoms with Gasteiger partial charge in [-0.3, -0.25) is 0 Å². The molecule has 94 valence electrons. The lowest BCUT2D eigenvalue weighted by Gasteiger charge is -2.28. The molecule has 0 spiro atoms. The van der Waals surface area contributed by atoms with Gasteiger partial charge in [-0.25, -0.2) is 4.98 Å². The van der Waals surface area contributed by atoms with Crippen LogP contribution in [0.15, 0.2) is 18.3 Å². The lowest BCUT2D eigenvalue weighted by molar-refractivity contribution is 0.118. The Morgan fingerprint density at radius 3 is 2.94 bits per heavy atom. The van der Waals surface area contributed by atoms with Crippen LogP contribution in [0.1, 0.15) is 31.9 Å². The van der Waals surface area contributed by atoms with Crippen LogP contribution < -0.4 is 10.6 Å². The van der Waals surface area contributed by atoms with Crippen LogP contribution in [-0.4, -0.2) is 30.8 Å². The molecule has 0 saturated carbocycles. The van der Waals surface area contributed by atoms with E-state index in [1.54, 1.807) is 0 Å². The van der Waals surface area contributed by atoms with E-state index < -0.39 is 0 Å². The van der Waals surface area contributed by atoms with Crippen molar-refractivity contribution in [3.8, 4) is 0 Å². The lowest BCUT2D eigenvalue weighted by atomic mass is 10.1. The smallest absolute Gasteiger partial charge is 0.128 e. The van der Waals surface area contributed by atoms with Crippen LogP contribution in [0, 0.1) is 0 Å². The number of ether oxygens (including phenoxy) is 1. The minimum Gasteiger partial charge on any atom is -0.376 e. The number of likely N-dealkylation sites (N-methyl/N-ethyl adjacent to an activating group) is 1. The van der Waals surface area contributed by atoms with Gasteiger partial charge in [-0.05, 0) is 38.0 Å². The van der Waals surface area contributed by atoms with E-state index in [0.717, 1.165) is 24.4 Å². The van der Waals surface area contributed by atoms with E-state index in [1.165, 1.54) is 0 Å². The van der Waals surface area contributed by atoms with Gasteiger partial charge in [0, 0.05) is 25.9 Å². The van der Waals surface area contributed by atoms with Crippen molar-refractivity contribution in [2.75, 3.05) is 18.6 Å². The molecule has 0 aromatic carbocycles. The maximum absolute atomic E-state index is 5.89. The summed E-state index contributed by atoms with van der Waals surface area (Å²) >= 11 is 0. The summed E-state index contributed by atoms with van der Waals surface area (Å²) in [7, 11) is 2.07. The summed E-state index contributed by atoms with van der Waals surface area (Å²) < 4.78 is 5.59. The van der Waals surface area contributed by atoms with E-state index in [0.29, 0.717) is 6.04 Å². The number of rotatable bonds is 3. The van der Waals surface area contributed by atoms with Gasteiger partial charge in [-0.1, -0.05) is 0 Å². The third-order valence-corrected chi connectivity index (χ3v) is 3.49. The molecule has 1 saturated heterocycles. The van der Waals surface area contributed by atoms with Gasteiger partial charge in [0.05, 0.1) is 12.1 Å². The quantitative estimate of drug-likeness (QED) is 0.866. The molecule has 3 atom stereocenters. The van der Waals surface area contributed by atoms with Crippen molar-refractivity contribution in [1.82, 2.24) is 4.98 Å². The molecule has 17 heavy (non-hydrogen) atoms. The Labute approximate surface area is 103 Å². The summed E-state index contributed by atoms with van der Waals surface area (Å²) in [4.78, 5) is 6.61. The first-order valence-electron chi connectivity index (χ1n) is 6.15. The highest BCUT2D eigenvalue weighted by Crippen LogP contribution is 2.24. The van der Waals surface area contributed by atoms with Crippen LogP contribution in [0.3, 0.4) is 0 Å². The first-order chi connectivity index (χ1) is 8.09. The molecular weight excluding hydrogens is 214 g/mol. The normalized spacial score (nSPS) is 25.9. The molecule has 1 aromatic heterocycles. The molecule has 2 heterocycles. The predicted molar refractivity (Wildman–Crippen MR) is 69.1 cm³/mol. The van der Waals surface area contributed by atoms with Crippen molar-refractivity contribution in [3.63, 3.8) is 0 Å². The number of hydrogen-bond donors (Lipinski definition) is 1. The number of aromatic nitrogens is 1. The van der Waals surface area contributed by atoms with Gasteiger partial charge in [-0.2, -0.15) is 0 Å². The van der Waals surface area contributed by atoms with E-state index in [2.05, 4.69) is 29.9 Å². The number of anilines is 1. The molecule has 1 aromatic rings. The van der Waals surface area contributed by atoms with E-state index in [1.807, 2.05) is 19.2 Å². The highest BCUT2D eigenvalue weighted by molar-refractivity contribution is 5.42. The Bertz CT molecular complexity index is 381. The van der Waals surface area contributed by atoms with Gasteiger partial charge in [0.1, 0.15) is 5.82 Å². The van der Waals surface area contributed by atoms with Crippen molar-refractivity contribution in [2.45, 2.75) is 38.5 Å². The molecule has 1 aliphatic rings. The summed E-state index contributed by atoms with van der Waals surface area (Å²) in [5, 5.41) is 0. The largest absolute Gasteiger partial charge is 0.376 e. The molecule has 2 rings (SSSR count). The standard InChI is InChI=1S/C13H21N3O/c1-9(14)11-4-6-15-13(8-11)16(3)12-5-7-17-10(12)2/h4,6,8-10,12H,5,7,14H2,1-3H3/t9-,10?,12?/m1/s1. The zero-order valence-corrected chi connectivity index (χ0v) is 10.8. The molecule has 1 fully saturated rings. The number of nitrogens with two attached hydrogens (primary N) is 1. The molecule has 0 bridgehead atoms. The maximum Gasteiger partial charge on any atom is 0.128 e. The molecule has 2 unspecified atom stereocenters. The van der Waals surface area contributed by atoms with Crippen molar-refractivity contribution in [1.29, 1.82) is 0 Å². The summed E-state index contributed by atoms with van der Waals surface area (Å²) in [6, 6.07) is 4.49. The average molecular weight is 235 g/mol. The Morgan fingerprint density at radius 2 is 2.35 bits per heavy atom. The fourth-order valence-electron chi connectivity index (χ4n) is 2.31. The van der Waals surface area contributed by atoms with Crippen molar-refractivity contribution >= 4 is 5.82 Å². The monoisotopic (exact) mass is 235 g/mol. The second kappa shape index (κ2) is 5.02. The van der Waals surface area contributed by atoms with E-state index >= 15 is 0 Å². The van der Waals surface area contributed by atoms with E-state index in [4.69, 9.17) is 10.5 Å². The Kier molecular flexibility index (Phi) is 3.64. The zero-order chi connectivity index (χ0) is 12.4. The Hall–Kier alpha value is -1.13. The summed E-state index contributed by atoms with van der Waals surface area (Å²) in [6.45, 7) is 4.94. The van der Waals surface area contributed by atoms with E-state index in [9.17, 15) is 0 Å². The second-order valence-corrected chi connectivity index (χ2v) is 4.78. The van der Waals surface area contributed by atoms with Crippen LogP contribution in [-0.2, 0) is 4.74 Å².